The number of nitrogens with zero attached hydrogens (tertiary/aromatic N) is 3. The van der Waals surface area contributed by atoms with Gasteiger partial charge in [0.05, 0.1) is 28.5 Å². The number of nitriles is 1. The van der Waals surface area contributed by atoms with Gasteiger partial charge in [0.25, 0.3) is 5.91 Å². The fourth-order valence-corrected chi connectivity index (χ4v) is 5.17. The summed E-state index contributed by atoms with van der Waals surface area (Å²) >= 11 is 0. The molecule has 0 spiro atoms. The molecule has 0 saturated carbocycles. The summed E-state index contributed by atoms with van der Waals surface area (Å²) in [5, 5.41) is 11.6. The van der Waals surface area contributed by atoms with E-state index in [0.29, 0.717) is 5.56 Å². The summed E-state index contributed by atoms with van der Waals surface area (Å²) in [6, 6.07) is 10.3. The third-order valence-electron chi connectivity index (χ3n) is 6.13. The molecule has 2 atom stereocenters. The quantitative estimate of drug-likeness (QED) is 0.601. The molecule has 0 bridgehead atoms. The van der Waals surface area contributed by atoms with Crippen molar-refractivity contribution in [2.75, 3.05) is 20.1 Å². The van der Waals surface area contributed by atoms with Gasteiger partial charge in [0, 0.05) is 25.7 Å². The van der Waals surface area contributed by atoms with E-state index in [0.717, 1.165) is 21.3 Å². The molecule has 1 heterocycles. The molecule has 36 heavy (non-hydrogen) atoms. The lowest BCUT2D eigenvalue weighted by atomic mass is 10.1. The van der Waals surface area contributed by atoms with Gasteiger partial charge >= 0.3 is 6.18 Å². The number of amides is 2. The highest BCUT2D eigenvalue weighted by Crippen LogP contribution is 2.30. The zero-order chi connectivity index (χ0) is 26.8. The van der Waals surface area contributed by atoms with Gasteiger partial charge in [0.1, 0.15) is 6.04 Å². The minimum atomic E-state index is -4.46. The summed E-state index contributed by atoms with van der Waals surface area (Å²) in [5.74, 6) is -1.49. The zero-order valence-corrected chi connectivity index (χ0v) is 20.6. The van der Waals surface area contributed by atoms with Crippen LogP contribution in [0.1, 0.15) is 41.4 Å². The molecule has 2 unspecified atom stereocenters. The molecule has 0 radical (unpaired) electrons. The number of benzene rings is 2. The van der Waals surface area contributed by atoms with Crippen LogP contribution in [0, 0.1) is 17.2 Å². The minimum Gasteiger partial charge on any atom is -0.348 e. The van der Waals surface area contributed by atoms with E-state index in [1.807, 2.05) is 6.07 Å². The van der Waals surface area contributed by atoms with Crippen molar-refractivity contribution >= 4 is 21.8 Å². The first kappa shape index (κ1) is 27.2. The Kier molecular flexibility index (Phi) is 7.76. The Morgan fingerprint density at radius 1 is 1.14 bits per heavy atom. The van der Waals surface area contributed by atoms with Crippen molar-refractivity contribution in [3.8, 4) is 6.07 Å². The monoisotopic (exact) mass is 522 g/mol. The van der Waals surface area contributed by atoms with Crippen molar-refractivity contribution in [3.63, 3.8) is 0 Å². The average Bonchev–Trinajstić information content (AvgIpc) is 2.81. The Bertz CT molecular complexity index is 1280. The van der Waals surface area contributed by atoms with Crippen LogP contribution in [-0.4, -0.2) is 55.6 Å². The molecular formula is C24H25F3N4O4S. The fourth-order valence-electron chi connectivity index (χ4n) is 3.59. The molecule has 1 aliphatic heterocycles. The van der Waals surface area contributed by atoms with Gasteiger partial charge in [0.15, 0.2) is 0 Å². The van der Waals surface area contributed by atoms with Gasteiger partial charge in [0.2, 0.25) is 15.9 Å². The number of hydrogen-bond donors (Lipinski definition) is 1. The zero-order valence-electron chi connectivity index (χ0n) is 19.8. The van der Waals surface area contributed by atoms with Crippen LogP contribution in [0.5, 0.6) is 0 Å². The minimum absolute atomic E-state index is 0.0615. The Hall–Kier alpha value is -3.43. The second-order valence-corrected chi connectivity index (χ2v) is 10.6. The van der Waals surface area contributed by atoms with Crippen molar-refractivity contribution in [2.45, 2.75) is 37.0 Å². The Morgan fingerprint density at radius 3 is 2.31 bits per heavy atom. The number of rotatable bonds is 7. The summed E-state index contributed by atoms with van der Waals surface area (Å²) in [6.07, 6.45) is -4.46. The topological polar surface area (TPSA) is 111 Å². The van der Waals surface area contributed by atoms with Crippen molar-refractivity contribution in [2.24, 2.45) is 5.92 Å². The summed E-state index contributed by atoms with van der Waals surface area (Å²) in [4.78, 5) is 26.8. The maximum Gasteiger partial charge on any atom is 0.416 e. The van der Waals surface area contributed by atoms with Crippen molar-refractivity contribution in [3.05, 3.63) is 65.2 Å². The number of halogens is 3. The van der Waals surface area contributed by atoms with Crippen LogP contribution in [-0.2, 0) is 21.0 Å². The Balaban J connectivity index is 1.67. The molecule has 2 aromatic carbocycles. The van der Waals surface area contributed by atoms with Gasteiger partial charge in [-0.3, -0.25) is 9.59 Å². The van der Waals surface area contributed by atoms with Crippen molar-refractivity contribution in [1.82, 2.24) is 14.5 Å². The second-order valence-electron chi connectivity index (χ2n) is 8.62. The number of nitrogens with one attached hydrogen (secondary N) is 1. The Morgan fingerprint density at radius 2 is 1.75 bits per heavy atom. The van der Waals surface area contributed by atoms with Crippen LogP contribution >= 0.6 is 0 Å². The number of hydrogen-bond acceptors (Lipinski definition) is 5. The maximum atomic E-state index is 13.0. The van der Waals surface area contributed by atoms with Crippen molar-refractivity contribution in [1.29, 1.82) is 5.26 Å². The van der Waals surface area contributed by atoms with Gasteiger partial charge in [-0.2, -0.15) is 22.7 Å². The normalized spacial score (nSPS) is 16.4. The summed E-state index contributed by atoms with van der Waals surface area (Å²) in [6.45, 7) is 3.27. The second kappa shape index (κ2) is 10.3. The third kappa shape index (κ3) is 5.68. The highest BCUT2D eigenvalue weighted by molar-refractivity contribution is 7.89. The first-order valence-corrected chi connectivity index (χ1v) is 12.4. The lowest BCUT2D eigenvalue weighted by molar-refractivity contribution is -0.137. The molecule has 0 aliphatic carbocycles. The molecule has 3 rings (SSSR count). The molecule has 1 fully saturated rings. The van der Waals surface area contributed by atoms with Crippen LogP contribution < -0.4 is 5.32 Å². The standard InChI is InChI=1S/C24H25F3N4O4S/c1-15(18-7-9-20(10-8-18)24(25,26)27)29-22(32)16(2)30(3)23(33)19-5-4-6-21(11-19)36(34,35)31-13-17(12-28)14-31/h4-11,15-17H,13-14H2,1-3H3,(H,29,32). The van der Waals surface area contributed by atoms with Crippen LogP contribution in [0.15, 0.2) is 53.4 Å². The van der Waals surface area contributed by atoms with Crippen LogP contribution in [0.4, 0.5) is 13.2 Å². The van der Waals surface area contributed by atoms with Gasteiger partial charge < -0.3 is 10.2 Å². The predicted octanol–water partition coefficient (Wildman–Crippen LogP) is 3.19. The molecular weight excluding hydrogens is 497 g/mol. The number of likely N-dealkylation sites (N-methyl/N-ethyl adjacent to an activating group) is 1. The highest BCUT2D eigenvalue weighted by Gasteiger charge is 2.37. The number of carbonyl (C=O) groups is 2. The number of carbonyl (C=O) groups excluding carboxylic acids is 2. The molecule has 0 aromatic heterocycles. The maximum absolute atomic E-state index is 13.0. The fraction of sp³-hybridized carbons (Fsp3) is 0.375. The SMILES string of the molecule is CC(NC(=O)C(C)N(C)C(=O)c1cccc(S(=O)(=O)N2CC(C#N)C2)c1)c1ccc(C(F)(F)F)cc1. The Labute approximate surface area is 207 Å². The number of sulfonamides is 1. The molecule has 192 valence electrons. The van der Waals surface area contributed by atoms with Gasteiger partial charge in [-0.1, -0.05) is 18.2 Å². The molecule has 2 aromatic rings. The highest BCUT2D eigenvalue weighted by atomic mass is 32.2. The van der Waals surface area contributed by atoms with Crippen molar-refractivity contribution < 1.29 is 31.2 Å². The average molecular weight is 523 g/mol. The first-order chi connectivity index (χ1) is 16.8. The largest absolute Gasteiger partial charge is 0.416 e. The molecule has 8 nitrogen and oxygen atoms in total. The van der Waals surface area contributed by atoms with E-state index in [2.05, 4.69) is 5.32 Å². The van der Waals surface area contributed by atoms with E-state index in [-0.39, 0.29) is 29.5 Å². The van der Waals surface area contributed by atoms with E-state index in [1.165, 1.54) is 50.4 Å². The molecule has 1 saturated heterocycles. The first-order valence-electron chi connectivity index (χ1n) is 11.0. The van der Waals surface area contributed by atoms with E-state index in [9.17, 15) is 31.2 Å². The summed E-state index contributed by atoms with van der Waals surface area (Å²) in [7, 11) is -2.47. The van der Waals surface area contributed by atoms with Crippen LogP contribution in [0.25, 0.3) is 0 Å². The lowest BCUT2D eigenvalue weighted by Crippen LogP contribution is -2.49. The summed E-state index contributed by atoms with van der Waals surface area (Å²) in [5.41, 5.74) is -0.279. The predicted molar refractivity (Wildman–Crippen MR) is 124 cm³/mol. The summed E-state index contributed by atoms with van der Waals surface area (Å²) < 4.78 is 65.0. The van der Waals surface area contributed by atoms with E-state index < -0.39 is 45.7 Å². The third-order valence-corrected chi connectivity index (χ3v) is 7.95. The molecule has 1 N–H and O–H groups in total. The van der Waals surface area contributed by atoms with Gasteiger partial charge in [-0.15, -0.1) is 0 Å². The molecule has 1 aliphatic rings. The molecule has 2 amide bonds. The number of alkyl halides is 3. The van der Waals surface area contributed by atoms with Crippen LogP contribution in [0.3, 0.4) is 0 Å². The van der Waals surface area contributed by atoms with E-state index in [4.69, 9.17) is 5.26 Å². The van der Waals surface area contributed by atoms with E-state index >= 15 is 0 Å². The lowest BCUT2D eigenvalue weighted by Gasteiger charge is -2.34. The van der Waals surface area contributed by atoms with E-state index in [1.54, 1.807) is 6.92 Å². The van der Waals surface area contributed by atoms with Crippen LogP contribution in [0.2, 0.25) is 0 Å². The van der Waals surface area contributed by atoms with Gasteiger partial charge in [-0.25, -0.2) is 8.42 Å². The molecule has 12 heteroatoms. The smallest absolute Gasteiger partial charge is 0.348 e. The van der Waals surface area contributed by atoms with Gasteiger partial charge in [-0.05, 0) is 49.7 Å².